The van der Waals surface area contributed by atoms with E-state index in [1.807, 2.05) is 0 Å². The fourth-order valence-electron chi connectivity index (χ4n) is 3.60. The zero-order valence-corrected chi connectivity index (χ0v) is 18.1. The molecule has 1 aliphatic heterocycles. The fraction of sp³-hybridized carbons (Fsp3) is 0.474. The summed E-state index contributed by atoms with van der Waals surface area (Å²) in [5.74, 6) is -0.972. The summed E-state index contributed by atoms with van der Waals surface area (Å²) in [5.41, 5.74) is 0.965. The van der Waals surface area contributed by atoms with E-state index in [0.717, 1.165) is 12.1 Å². The average Bonchev–Trinajstić information content (AvgIpc) is 2.85. The monoisotopic (exact) mass is 460 g/mol. The van der Waals surface area contributed by atoms with Crippen LogP contribution in [-0.2, 0) is 17.1 Å². The van der Waals surface area contributed by atoms with Crippen LogP contribution in [0.2, 0.25) is 0 Å². The van der Waals surface area contributed by atoms with Crippen molar-refractivity contribution < 1.29 is 31.1 Å². The minimum Gasteiger partial charge on any atom is -0.406 e. The van der Waals surface area contributed by atoms with E-state index in [2.05, 4.69) is 9.84 Å². The van der Waals surface area contributed by atoms with E-state index in [4.69, 9.17) is 0 Å². The van der Waals surface area contributed by atoms with Gasteiger partial charge in [0.2, 0.25) is 10.0 Å². The van der Waals surface area contributed by atoms with Crippen LogP contribution in [0, 0.1) is 13.8 Å². The summed E-state index contributed by atoms with van der Waals surface area (Å²) in [4.78, 5) is 14.4. The molecule has 0 N–H and O–H groups in total. The highest BCUT2D eigenvalue weighted by molar-refractivity contribution is 7.89. The number of sulfonamides is 1. The lowest BCUT2D eigenvalue weighted by Gasteiger charge is -2.22. The fourth-order valence-corrected chi connectivity index (χ4v) is 5.47. The van der Waals surface area contributed by atoms with Gasteiger partial charge in [-0.3, -0.25) is 9.48 Å². The first-order valence-corrected chi connectivity index (χ1v) is 11.0. The topological polar surface area (TPSA) is 84.7 Å². The molecule has 12 heteroatoms. The number of hydrogen-bond donors (Lipinski definition) is 0. The smallest absolute Gasteiger partial charge is 0.406 e. The molecule has 1 aromatic heterocycles. The standard InChI is InChI=1S/C19H23F3N4O4S/c1-13-17(14(2)24(3)23-13)31(28,29)26-9-5-8-25(10-11-26)18(27)15-6-4-7-16(12-15)30-19(20,21)22/h4,6-7,12H,5,8-11H2,1-3H3. The number of aryl methyl sites for hydroxylation is 2. The molecule has 0 spiro atoms. The number of nitrogens with zero attached hydrogens (tertiary/aromatic N) is 4. The van der Waals surface area contributed by atoms with E-state index in [9.17, 15) is 26.4 Å². The van der Waals surface area contributed by atoms with Crippen molar-refractivity contribution in [2.45, 2.75) is 31.5 Å². The molecule has 0 radical (unpaired) electrons. The second-order valence-electron chi connectivity index (χ2n) is 7.25. The van der Waals surface area contributed by atoms with E-state index in [0.29, 0.717) is 17.8 Å². The predicted molar refractivity (Wildman–Crippen MR) is 105 cm³/mol. The predicted octanol–water partition coefficient (Wildman–Crippen LogP) is 2.47. The average molecular weight is 460 g/mol. The summed E-state index contributed by atoms with van der Waals surface area (Å²) < 4.78 is 70.4. The summed E-state index contributed by atoms with van der Waals surface area (Å²) in [5, 5.41) is 4.17. The van der Waals surface area contributed by atoms with Gasteiger partial charge in [0.05, 0.1) is 11.4 Å². The molecular formula is C19H23F3N4O4S. The number of hydrogen-bond acceptors (Lipinski definition) is 5. The molecule has 3 rings (SSSR count). The van der Waals surface area contributed by atoms with Gasteiger partial charge in [-0.25, -0.2) is 8.42 Å². The number of rotatable bonds is 4. The molecule has 0 unspecified atom stereocenters. The van der Waals surface area contributed by atoms with Gasteiger partial charge in [-0.15, -0.1) is 13.2 Å². The third-order valence-corrected chi connectivity index (χ3v) is 7.25. The maximum atomic E-state index is 13.2. The Hall–Kier alpha value is -2.60. The Balaban J connectivity index is 1.76. The van der Waals surface area contributed by atoms with Gasteiger partial charge in [0.15, 0.2) is 0 Å². The summed E-state index contributed by atoms with van der Waals surface area (Å²) >= 11 is 0. The van der Waals surface area contributed by atoms with Gasteiger partial charge in [-0.1, -0.05) is 6.07 Å². The summed E-state index contributed by atoms with van der Waals surface area (Å²) in [6.07, 6.45) is -4.47. The molecule has 0 bridgehead atoms. The molecular weight excluding hydrogens is 437 g/mol. The van der Waals surface area contributed by atoms with E-state index >= 15 is 0 Å². The lowest BCUT2D eigenvalue weighted by Crippen LogP contribution is -2.37. The first kappa shape index (κ1) is 23.1. The maximum absolute atomic E-state index is 13.2. The molecule has 1 aromatic carbocycles. The molecule has 170 valence electrons. The second kappa shape index (κ2) is 8.50. The minimum atomic E-state index is -4.86. The van der Waals surface area contributed by atoms with Crippen molar-refractivity contribution >= 4 is 15.9 Å². The third kappa shape index (κ3) is 5.01. The van der Waals surface area contributed by atoms with Crippen LogP contribution in [-0.4, -0.2) is 65.9 Å². The van der Waals surface area contributed by atoms with Crippen LogP contribution >= 0.6 is 0 Å². The number of benzene rings is 1. The highest BCUT2D eigenvalue weighted by atomic mass is 32.2. The van der Waals surface area contributed by atoms with Gasteiger partial charge in [-0.2, -0.15) is 9.40 Å². The van der Waals surface area contributed by atoms with Gasteiger partial charge in [0, 0.05) is 38.8 Å². The Labute approximate surface area is 178 Å². The number of ether oxygens (including phenoxy) is 1. The van der Waals surface area contributed by atoms with Crippen LogP contribution < -0.4 is 4.74 Å². The quantitative estimate of drug-likeness (QED) is 0.700. The molecule has 0 aliphatic carbocycles. The molecule has 31 heavy (non-hydrogen) atoms. The Kier molecular flexibility index (Phi) is 6.33. The number of carbonyl (C=O) groups is 1. The van der Waals surface area contributed by atoms with Crippen LogP contribution in [0.5, 0.6) is 5.75 Å². The van der Waals surface area contributed by atoms with Crippen LogP contribution in [0.15, 0.2) is 29.2 Å². The van der Waals surface area contributed by atoms with Gasteiger partial charge in [-0.05, 0) is 38.5 Å². The van der Waals surface area contributed by atoms with Crippen molar-refractivity contribution in [3.63, 3.8) is 0 Å². The van der Waals surface area contributed by atoms with Crippen molar-refractivity contribution in [2.24, 2.45) is 7.05 Å². The number of carbonyl (C=O) groups excluding carboxylic acids is 1. The summed E-state index contributed by atoms with van der Waals surface area (Å²) in [6, 6.07) is 4.83. The molecule has 1 aliphatic rings. The Morgan fingerprint density at radius 2 is 1.84 bits per heavy atom. The molecule has 0 atom stereocenters. The zero-order chi connectivity index (χ0) is 23.0. The first-order valence-electron chi connectivity index (χ1n) is 9.55. The molecule has 0 saturated carbocycles. The summed E-state index contributed by atoms with van der Waals surface area (Å²) in [6.45, 7) is 3.98. The van der Waals surface area contributed by atoms with Gasteiger partial charge < -0.3 is 9.64 Å². The van der Waals surface area contributed by atoms with Crippen molar-refractivity contribution in [1.82, 2.24) is 19.0 Å². The molecule has 8 nitrogen and oxygen atoms in total. The van der Waals surface area contributed by atoms with Crippen molar-refractivity contribution in [2.75, 3.05) is 26.2 Å². The van der Waals surface area contributed by atoms with E-state index in [1.165, 1.54) is 26.0 Å². The van der Waals surface area contributed by atoms with E-state index in [-0.39, 0.29) is 36.6 Å². The number of halogens is 3. The third-order valence-electron chi connectivity index (χ3n) is 5.10. The van der Waals surface area contributed by atoms with Crippen LogP contribution in [0.25, 0.3) is 0 Å². The van der Waals surface area contributed by atoms with Gasteiger partial charge in [0.25, 0.3) is 5.91 Å². The number of aromatic nitrogens is 2. The van der Waals surface area contributed by atoms with Gasteiger partial charge >= 0.3 is 6.36 Å². The van der Waals surface area contributed by atoms with Crippen molar-refractivity contribution in [1.29, 1.82) is 0 Å². The lowest BCUT2D eigenvalue weighted by atomic mass is 10.2. The Morgan fingerprint density at radius 3 is 2.45 bits per heavy atom. The van der Waals surface area contributed by atoms with Crippen LogP contribution in [0.3, 0.4) is 0 Å². The van der Waals surface area contributed by atoms with Crippen molar-refractivity contribution in [3.05, 3.63) is 41.2 Å². The lowest BCUT2D eigenvalue weighted by molar-refractivity contribution is -0.274. The SMILES string of the molecule is Cc1nn(C)c(C)c1S(=O)(=O)N1CCCN(C(=O)c2cccc(OC(F)(F)F)c2)CC1. The van der Waals surface area contributed by atoms with Crippen molar-refractivity contribution in [3.8, 4) is 5.75 Å². The molecule has 1 saturated heterocycles. The highest BCUT2D eigenvalue weighted by Crippen LogP contribution is 2.26. The first-order chi connectivity index (χ1) is 14.4. The van der Waals surface area contributed by atoms with Crippen LogP contribution in [0.1, 0.15) is 28.2 Å². The minimum absolute atomic E-state index is 0.0389. The Morgan fingerprint density at radius 1 is 1.13 bits per heavy atom. The second-order valence-corrected chi connectivity index (χ2v) is 9.12. The van der Waals surface area contributed by atoms with Crippen LogP contribution in [0.4, 0.5) is 13.2 Å². The normalized spacial score (nSPS) is 16.3. The number of alkyl halides is 3. The molecule has 2 heterocycles. The number of amides is 1. The molecule has 1 fully saturated rings. The summed E-state index contributed by atoms with van der Waals surface area (Å²) in [7, 11) is -2.13. The van der Waals surface area contributed by atoms with E-state index in [1.54, 1.807) is 20.9 Å². The van der Waals surface area contributed by atoms with Gasteiger partial charge in [0.1, 0.15) is 10.6 Å². The molecule has 2 aromatic rings. The maximum Gasteiger partial charge on any atom is 0.573 e. The molecule has 1 amide bonds. The Bertz CT molecular complexity index is 1080. The highest BCUT2D eigenvalue weighted by Gasteiger charge is 2.33. The zero-order valence-electron chi connectivity index (χ0n) is 17.3. The van der Waals surface area contributed by atoms with E-state index < -0.39 is 28.0 Å². The largest absolute Gasteiger partial charge is 0.573 e.